The molecular formula is C33H69N5O2. The van der Waals surface area contributed by atoms with Gasteiger partial charge in [0, 0.05) is 26.2 Å². The molecule has 0 radical (unpaired) electrons. The van der Waals surface area contributed by atoms with Crippen molar-refractivity contribution in [2.24, 2.45) is 0 Å². The van der Waals surface area contributed by atoms with Crippen molar-refractivity contribution in [1.82, 2.24) is 26.2 Å². The molecule has 0 aliphatic rings. The minimum atomic E-state index is -0.0494. The molecule has 0 aromatic rings. The molecule has 0 bridgehead atoms. The molecule has 4 N–H and O–H groups in total. The second-order valence-electron chi connectivity index (χ2n) is 11.7. The highest BCUT2D eigenvalue weighted by Gasteiger charge is 2.03. The summed E-state index contributed by atoms with van der Waals surface area (Å²) in [6.07, 6.45) is 28.0. The molecule has 0 saturated carbocycles. The van der Waals surface area contributed by atoms with E-state index < -0.39 is 0 Å². The van der Waals surface area contributed by atoms with Crippen LogP contribution in [0.1, 0.15) is 155 Å². The Morgan fingerprint density at radius 1 is 0.400 bits per heavy atom. The summed E-state index contributed by atoms with van der Waals surface area (Å²) in [6, 6.07) is -0.0989. The van der Waals surface area contributed by atoms with Crippen molar-refractivity contribution >= 4 is 12.1 Å². The number of unbranched alkanes of at least 4 members (excludes halogenated alkanes) is 18. The monoisotopic (exact) mass is 568 g/mol. The highest BCUT2D eigenvalue weighted by molar-refractivity contribution is 5.74. The van der Waals surface area contributed by atoms with Crippen LogP contribution in [0, 0.1) is 0 Å². The number of urea groups is 2. The summed E-state index contributed by atoms with van der Waals surface area (Å²) < 4.78 is 0. The van der Waals surface area contributed by atoms with Gasteiger partial charge in [-0.2, -0.15) is 0 Å². The lowest BCUT2D eigenvalue weighted by Crippen LogP contribution is -2.38. The van der Waals surface area contributed by atoms with Crippen LogP contribution in [-0.2, 0) is 0 Å². The first kappa shape index (κ1) is 38.5. The van der Waals surface area contributed by atoms with Gasteiger partial charge in [-0.1, -0.05) is 129 Å². The summed E-state index contributed by atoms with van der Waals surface area (Å²) in [5.41, 5.74) is 0. The fourth-order valence-electron chi connectivity index (χ4n) is 4.97. The fraction of sp³-hybridized carbons (Fsp3) is 0.939. The topological polar surface area (TPSA) is 85.5 Å². The quantitative estimate of drug-likeness (QED) is 0.0661. The van der Waals surface area contributed by atoms with Gasteiger partial charge in [0.1, 0.15) is 0 Å². The van der Waals surface area contributed by atoms with Crippen molar-refractivity contribution in [3.63, 3.8) is 0 Å². The van der Waals surface area contributed by atoms with Crippen LogP contribution in [0.4, 0.5) is 9.59 Å². The van der Waals surface area contributed by atoms with Crippen molar-refractivity contribution in [2.75, 3.05) is 46.3 Å². The van der Waals surface area contributed by atoms with Crippen LogP contribution in [0.2, 0.25) is 0 Å². The number of nitrogens with zero attached hydrogens (tertiary/aromatic N) is 1. The predicted octanol–water partition coefficient (Wildman–Crippen LogP) is 8.14. The number of hydrogen-bond donors (Lipinski definition) is 4. The van der Waals surface area contributed by atoms with Gasteiger partial charge < -0.3 is 26.2 Å². The fourth-order valence-corrected chi connectivity index (χ4v) is 4.97. The van der Waals surface area contributed by atoms with Gasteiger partial charge in [0.25, 0.3) is 0 Å². The molecule has 0 aliphatic heterocycles. The molecule has 0 rings (SSSR count). The molecular weight excluding hydrogens is 498 g/mol. The summed E-state index contributed by atoms with van der Waals surface area (Å²) in [5.74, 6) is 0. The standard InChI is InChI=1S/C33H69N5O2/c1-4-6-8-10-12-14-16-18-20-22-26-34-32(39)36-28-24-30-38(3)31-25-29-37-33(40)35-27-23-21-19-17-15-13-11-9-7-5-2/h4-31H2,1-3H3,(H2,34,36,39)(H2,35,37,40). The molecule has 7 nitrogen and oxygen atoms in total. The second-order valence-corrected chi connectivity index (χ2v) is 11.7. The van der Waals surface area contributed by atoms with E-state index in [1.54, 1.807) is 0 Å². The SMILES string of the molecule is CCCCCCCCCCCCNC(=O)NCCCN(C)CCCNC(=O)NCCCCCCCCCCCC. The first-order valence-corrected chi connectivity index (χ1v) is 17.3. The Hall–Kier alpha value is -1.50. The predicted molar refractivity (Wildman–Crippen MR) is 173 cm³/mol. The highest BCUT2D eigenvalue weighted by Crippen LogP contribution is 2.11. The van der Waals surface area contributed by atoms with E-state index in [0.717, 1.165) is 51.9 Å². The normalized spacial score (nSPS) is 11.1. The Morgan fingerprint density at radius 3 is 0.950 bits per heavy atom. The molecule has 238 valence electrons. The van der Waals surface area contributed by atoms with Crippen LogP contribution in [-0.4, -0.2) is 63.3 Å². The van der Waals surface area contributed by atoms with E-state index in [0.29, 0.717) is 13.1 Å². The maximum absolute atomic E-state index is 11.9. The Bertz CT molecular complexity index is 501. The van der Waals surface area contributed by atoms with E-state index in [-0.39, 0.29) is 12.1 Å². The minimum absolute atomic E-state index is 0.0494. The van der Waals surface area contributed by atoms with Gasteiger partial charge in [-0.3, -0.25) is 0 Å². The molecule has 0 fully saturated rings. The van der Waals surface area contributed by atoms with Gasteiger partial charge in [-0.25, -0.2) is 9.59 Å². The van der Waals surface area contributed by atoms with Crippen molar-refractivity contribution in [3.05, 3.63) is 0 Å². The first-order chi connectivity index (χ1) is 19.6. The van der Waals surface area contributed by atoms with Crippen LogP contribution in [0.15, 0.2) is 0 Å². The average Bonchev–Trinajstić information content (AvgIpc) is 2.95. The zero-order chi connectivity index (χ0) is 29.4. The number of nitrogens with one attached hydrogen (secondary N) is 4. The average molecular weight is 568 g/mol. The van der Waals surface area contributed by atoms with E-state index in [1.165, 1.54) is 116 Å². The number of amides is 4. The smallest absolute Gasteiger partial charge is 0.314 e. The molecule has 0 atom stereocenters. The second kappa shape index (κ2) is 32.0. The summed E-state index contributed by atoms with van der Waals surface area (Å²) in [6.45, 7) is 9.30. The van der Waals surface area contributed by atoms with Crippen LogP contribution in [0.5, 0.6) is 0 Å². The molecule has 0 aromatic heterocycles. The van der Waals surface area contributed by atoms with E-state index in [1.807, 2.05) is 0 Å². The van der Waals surface area contributed by atoms with Crippen molar-refractivity contribution < 1.29 is 9.59 Å². The van der Waals surface area contributed by atoms with E-state index in [9.17, 15) is 9.59 Å². The van der Waals surface area contributed by atoms with Crippen LogP contribution < -0.4 is 21.3 Å². The van der Waals surface area contributed by atoms with Crippen molar-refractivity contribution in [3.8, 4) is 0 Å². The molecule has 0 spiro atoms. The molecule has 4 amide bonds. The molecule has 0 heterocycles. The zero-order valence-electron chi connectivity index (χ0n) is 27.1. The highest BCUT2D eigenvalue weighted by atomic mass is 16.2. The summed E-state index contributed by atoms with van der Waals surface area (Å²) in [7, 11) is 2.09. The Labute approximate surface area is 249 Å². The van der Waals surface area contributed by atoms with E-state index in [4.69, 9.17) is 0 Å². The first-order valence-electron chi connectivity index (χ1n) is 17.3. The van der Waals surface area contributed by atoms with Crippen LogP contribution in [0.25, 0.3) is 0 Å². The Kier molecular flexibility index (Phi) is 30.8. The van der Waals surface area contributed by atoms with Gasteiger partial charge in [0.05, 0.1) is 0 Å². The lowest BCUT2D eigenvalue weighted by molar-refractivity contribution is 0.239. The Morgan fingerprint density at radius 2 is 0.650 bits per heavy atom. The van der Waals surface area contributed by atoms with E-state index >= 15 is 0 Å². The largest absolute Gasteiger partial charge is 0.338 e. The van der Waals surface area contributed by atoms with E-state index in [2.05, 4.69) is 47.1 Å². The lowest BCUT2D eigenvalue weighted by Gasteiger charge is -2.17. The zero-order valence-corrected chi connectivity index (χ0v) is 27.1. The lowest BCUT2D eigenvalue weighted by atomic mass is 10.1. The summed E-state index contributed by atoms with van der Waals surface area (Å²) >= 11 is 0. The summed E-state index contributed by atoms with van der Waals surface area (Å²) in [4.78, 5) is 26.1. The van der Waals surface area contributed by atoms with Crippen molar-refractivity contribution in [1.29, 1.82) is 0 Å². The molecule has 0 aromatic carbocycles. The molecule has 0 unspecified atom stereocenters. The van der Waals surface area contributed by atoms with Gasteiger partial charge in [0.15, 0.2) is 0 Å². The number of carbonyl (C=O) groups excluding carboxylic acids is 2. The van der Waals surface area contributed by atoms with Crippen LogP contribution >= 0.6 is 0 Å². The number of hydrogen-bond acceptors (Lipinski definition) is 3. The number of rotatable bonds is 30. The third-order valence-electron chi connectivity index (χ3n) is 7.64. The van der Waals surface area contributed by atoms with Gasteiger partial charge in [0.2, 0.25) is 0 Å². The van der Waals surface area contributed by atoms with Gasteiger partial charge >= 0.3 is 12.1 Å². The Balaban J connectivity index is 3.37. The molecule has 40 heavy (non-hydrogen) atoms. The maximum atomic E-state index is 11.9. The van der Waals surface area contributed by atoms with Crippen LogP contribution in [0.3, 0.4) is 0 Å². The van der Waals surface area contributed by atoms with Gasteiger partial charge in [-0.05, 0) is 45.8 Å². The molecule has 0 aliphatic carbocycles. The molecule has 7 heteroatoms. The van der Waals surface area contributed by atoms with Gasteiger partial charge in [-0.15, -0.1) is 0 Å². The van der Waals surface area contributed by atoms with Crippen molar-refractivity contribution in [2.45, 2.75) is 155 Å². The summed E-state index contributed by atoms with van der Waals surface area (Å²) in [5, 5.41) is 11.9. The third-order valence-corrected chi connectivity index (χ3v) is 7.64. The minimum Gasteiger partial charge on any atom is -0.338 e. The third kappa shape index (κ3) is 31.0. The maximum Gasteiger partial charge on any atom is 0.314 e. The number of carbonyl (C=O) groups is 2. The molecule has 0 saturated heterocycles.